The van der Waals surface area contributed by atoms with Crippen molar-refractivity contribution < 1.29 is 9.59 Å². The van der Waals surface area contributed by atoms with E-state index in [1.807, 2.05) is 49.6 Å². The van der Waals surface area contributed by atoms with E-state index in [0.717, 1.165) is 11.4 Å². The number of thiazole rings is 1. The molecule has 0 bridgehead atoms. The van der Waals surface area contributed by atoms with E-state index >= 15 is 0 Å². The zero-order valence-electron chi connectivity index (χ0n) is 13.2. The summed E-state index contributed by atoms with van der Waals surface area (Å²) in [4.78, 5) is 32.9. The Hall–Kier alpha value is -2.21. The molecule has 5 nitrogen and oxygen atoms in total. The Labute approximate surface area is 139 Å². The number of para-hydroxylation sites is 1. The lowest BCUT2D eigenvalue weighted by Gasteiger charge is -2.23. The second-order valence-electron chi connectivity index (χ2n) is 5.61. The Bertz CT molecular complexity index is 714. The van der Waals surface area contributed by atoms with Gasteiger partial charge in [-0.05, 0) is 26.0 Å². The van der Waals surface area contributed by atoms with Crippen LogP contribution in [-0.4, -0.2) is 34.8 Å². The number of likely N-dealkylation sites (tertiary alicyclic amines) is 1. The number of nitrogens with zero attached hydrogens (tertiary/aromatic N) is 3. The first-order valence-electron chi connectivity index (χ1n) is 7.69. The van der Waals surface area contributed by atoms with Crippen LogP contribution in [0.4, 0.5) is 10.8 Å². The van der Waals surface area contributed by atoms with Gasteiger partial charge < -0.3 is 4.90 Å². The first-order chi connectivity index (χ1) is 11.1. The van der Waals surface area contributed by atoms with Crippen molar-refractivity contribution in [3.8, 4) is 0 Å². The van der Waals surface area contributed by atoms with Crippen molar-refractivity contribution in [1.82, 2.24) is 9.88 Å². The molecule has 0 spiro atoms. The normalized spacial score (nSPS) is 17.6. The lowest BCUT2D eigenvalue weighted by atomic mass is 10.1. The van der Waals surface area contributed by atoms with Gasteiger partial charge in [0.1, 0.15) is 0 Å². The van der Waals surface area contributed by atoms with E-state index in [-0.39, 0.29) is 24.2 Å². The summed E-state index contributed by atoms with van der Waals surface area (Å²) < 4.78 is 0. The lowest BCUT2D eigenvalue weighted by Crippen LogP contribution is -2.34. The number of hydrogen-bond donors (Lipinski definition) is 0. The number of carbonyl (C=O) groups excluding carboxylic acids is 2. The molecule has 0 N–H and O–H groups in total. The standard InChI is InChI=1S/C17H19N3O2S/c1-3-19-10-13(9-15(19)21)16(22)20(14-7-5-4-6-8-14)17-18-12(2)11-23-17/h4-8,11,13H,3,9-10H2,1-2H3. The van der Waals surface area contributed by atoms with Crippen LogP contribution in [0.2, 0.25) is 0 Å². The number of carbonyl (C=O) groups is 2. The number of aromatic nitrogens is 1. The highest BCUT2D eigenvalue weighted by molar-refractivity contribution is 7.14. The van der Waals surface area contributed by atoms with Crippen molar-refractivity contribution in [2.45, 2.75) is 20.3 Å². The van der Waals surface area contributed by atoms with E-state index in [1.165, 1.54) is 11.3 Å². The van der Waals surface area contributed by atoms with Gasteiger partial charge in [-0.15, -0.1) is 11.3 Å². The minimum absolute atomic E-state index is 0.0502. The Kier molecular flexibility index (Phi) is 4.43. The summed E-state index contributed by atoms with van der Waals surface area (Å²) in [5.74, 6) is -0.323. The van der Waals surface area contributed by atoms with Gasteiger partial charge in [0.05, 0.1) is 17.3 Å². The van der Waals surface area contributed by atoms with Crippen LogP contribution in [0.3, 0.4) is 0 Å². The summed E-state index contributed by atoms with van der Waals surface area (Å²) >= 11 is 1.44. The molecular weight excluding hydrogens is 310 g/mol. The number of anilines is 2. The number of benzene rings is 1. The highest BCUT2D eigenvalue weighted by Gasteiger charge is 2.37. The van der Waals surface area contributed by atoms with Crippen LogP contribution in [-0.2, 0) is 9.59 Å². The quantitative estimate of drug-likeness (QED) is 0.866. The zero-order valence-corrected chi connectivity index (χ0v) is 14.0. The molecule has 120 valence electrons. The predicted octanol–water partition coefficient (Wildman–Crippen LogP) is 2.98. The number of hydrogen-bond acceptors (Lipinski definition) is 4. The Morgan fingerprint density at radius 1 is 1.39 bits per heavy atom. The Morgan fingerprint density at radius 2 is 2.13 bits per heavy atom. The van der Waals surface area contributed by atoms with E-state index in [9.17, 15) is 9.59 Å². The summed E-state index contributed by atoms with van der Waals surface area (Å²) in [6.45, 7) is 4.97. The van der Waals surface area contributed by atoms with Gasteiger partial charge in [0.15, 0.2) is 5.13 Å². The third-order valence-electron chi connectivity index (χ3n) is 3.98. The highest BCUT2D eigenvalue weighted by Crippen LogP contribution is 2.32. The van der Waals surface area contributed by atoms with E-state index in [4.69, 9.17) is 0 Å². The number of rotatable bonds is 4. The highest BCUT2D eigenvalue weighted by atomic mass is 32.1. The molecule has 1 aliphatic rings. The Balaban J connectivity index is 1.93. The molecule has 23 heavy (non-hydrogen) atoms. The van der Waals surface area contributed by atoms with Gasteiger partial charge in [-0.2, -0.15) is 0 Å². The molecule has 0 radical (unpaired) electrons. The smallest absolute Gasteiger partial charge is 0.238 e. The van der Waals surface area contributed by atoms with Gasteiger partial charge in [0.25, 0.3) is 0 Å². The van der Waals surface area contributed by atoms with Crippen molar-refractivity contribution >= 4 is 34.0 Å². The van der Waals surface area contributed by atoms with Gasteiger partial charge in [-0.1, -0.05) is 18.2 Å². The van der Waals surface area contributed by atoms with Crippen LogP contribution in [0.15, 0.2) is 35.7 Å². The van der Waals surface area contributed by atoms with Crippen molar-refractivity contribution in [2.75, 3.05) is 18.0 Å². The van der Waals surface area contributed by atoms with Crippen molar-refractivity contribution in [2.24, 2.45) is 5.92 Å². The molecule has 2 aromatic rings. The molecule has 1 aliphatic heterocycles. The molecule has 1 saturated heterocycles. The molecule has 3 rings (SSSR count). The van der Waals surface area contributed by atoms with Crippen molar-refractivity contribution in [3.05, 3.63) is 41.4 Å². The largest absolute Gasteiger partial charge is 0.342 e. The van der Waals surface area contributed by atoms with Crippen LogP contribution in [0.5, 0.6) is 0 Å². The minimum atomic E-state index is -0.313. The molecule has 0 aliphatic carbocycles. The van der Waals surface area contributed by atoms with Gasteiger partial charge >= 0.3 is 0 Å². The molecule has 1 aromatic heterocycles. The monoisotopic (exact) mass is 329 g/mol. The maximum Gasteiger partial charge on any atom is 0.238 e. The summed E-state index contributed by atoms with van der Waals surface area (Å²) in [6, 6.07) is 9.49. The van der Waals surface area contributed by atoms with Gasteiger partial charge in [0.2, 0.25) is 11.8 Å². The van der Waals surface area contributed by atoms with Crippen molar-refractivity contribution in [3.63, 3.8) is 0 Å². The van der Waals surface area contributed by atoms with E-state index < -0.39 is 0 Å². The molecule has 2 amide bonds. The number of amides is 2. The second-order valence-corrected chi connectivity index (χ2v) is 6.45. The SMILES string of the molecule is CCN1CC(C(=O)N(c2ccccc2)c2nc(C)cs2)CC1=O. The van der Waals surface area contributed by atoms with Crippen LogP contribution < -0.4 is 4.90 Å². The summed E-state index contributed by atoms with van der Waals surface area (Å²) in [6.07, 6.45) is 0.278. The maximum atomic E-state index is 13.1. The predicted molar refractivity (Wildman–Crippen MR) is 90.8 cm³/mol. The second kappa shape index (κ2) is 6.50. The first kappa shape index (κ1) is 15.7. The molecule has 1 atom stereocenters. The average molecular weight is 329 g/mol. The fourth-order valence-corrected chi connectivity index (χ4v) is 3.61. The van der Waals surface area contributed by atoms with Crippen LogP contribution in [0, 0.1) is 12.8 Å². The van der Waals surface area contributed by atoms with Gasteiger partial charge in [-0.3, -0.25) is 14.5 Å². The summed E-state index contributed by atoms with van der Waals surface area (Å²) in [5.41, 5.74) is 1.67. The van der Waals surface area contributed by atoms with E-state index in [2.05, 4.69) is 4.98 Å². The lowest BCUT2D eigenvalue weighted by molar-refractivity contribution is -0.128. The third-order valence-corrected chi connectivity index (χ3v) is 4.92. The van der Waals surface area contributed by atoms with Crippen molar-refractivity contribution in [1.29, 1.82) is 0 Å². The fraction of sp³-hybridized carbons (Fsp3) is 0.353. The van der Waals surface area contributed by atoms with Crippen LogP contribution in [0.25, 0.3) is 0 Å². The molecule has 6 heteroatoms. The molecule has 0 saturated carbocycles. The summed E-state index contributed by atoms with van der Waals surface area (Å²) in [5, 5.41) is 2.58. The topological polar surface area (TPSA) is 53.5 Å². The molecule has 1 fully saturated rings. The molecule has 1 aromatic carbocycles. The number of aryl methyl sites for hydroxylation is 1. The molecular formula is C17H19N3O2S. The zero-order chi connectivity index (χ0) is 16.4. The molecule has 1 unspecified atom stereocenters. The van der Waals surface area contributed by atoms with Crippen LogP contribution in [0.1, 0.15) is 19.0 Å². The molecule has 2 heterocycles. The van der Waals surface area contributed by atoms with Gasteiger partial charge in [0, 0.05) is 24.9 Å². The third kappa shape index (κ3) is 3.12. The minimum Gasteiger partial charge on any atom is -0.342 e. The maximum absolute atomic E-state index is 13.1. The first-order valence-corrected chi connectivity index (χ1v) is 8.57. The average Bonchev–Trinajstić information content (AvgIpc) is 3.14. The fourth-order valence-electron chi connectivity index (χ4n) is 2.78. The van der Waals surface area contributed by atoms with Crippen LogP contribution >= 0.6 is 11.3 Å². The van der Waals surface area contributed by atoms with E-state index in [1.54, 1.807) is 9.80 Å². The summed E-state index contributed by atoms with van der Waals surface area (Å²) in [7, 11) is 0. The Morgan fingerprint density at radius 3 is 2.70 bits per heavy atom. The van der Waals surface area contributed by atoms with E-state index in [0.29, 0.717) is 18.2 Å². The van der Waals surface area contributed by atoms with Gasteiger partial charge in [-0.25, -0.2) is 4.98 Å².